The Kier molecular flexibility index (Phi) is 4.22. The largest absolute Gasteiger partial charge is 0.478 e. The van der Waals surface area contributed by atoms with Crippen LogP contribution in [0.25, 0.3) is 0 Å². The van der Waals surface area contributed by atoms with E-state index in [1.165, 1.54) is 18.2 Å². The SMILES string of the molecule is CC(Cc1ccco1)Nc1cc(C(=O)O)ccc1[N+](=O)[O-]. The van der Waals surface area contributed by atoms with Gasteiger partial charge >= 0.3 is 5.97 Å². The molecule has 0 fully saturated rings. The molecule has 1 aromatic heterocycles. The van der Waals surface area contributed by atoms with Crippen molar-refractivity contribution >= 4 is 17.3 Å². The van der Waals surface area contributed by atoms with Crippen LogP contribution in [-0.2, 0) is 6.42 Å². The van der Waals surface area contributed by atoms with Gasteiger partial charge in [-0.25, -0.2) is 4.79 Å². The molecule has 0 saturated heterocycles. The minimum absolute atomic E-state index is 0.00620. The Labute approximate surface area is 120 Å². The van der Waals surface area contributed by atoms with Crippen molar-refractivity contribution in [1.29, 1.82) is 0 Å². The Morgan fingerprint density at radius 1 is 1.48 bits per heavy atom. The van der Waals surface area contributed by atoms with Gasteiger partial charge in [0.15, 0.2) is 0 Å². The lowest BCUT2D eigenvalue weighted by Crippen LogP contribution is -2.19. The summed E-state index contributed by atoms with van der Waals surface area (Å²) in [6, 6.07) is 7.07. The van der Waals surface area contributed by atoms with Crippen molar-refractivity contribution in [2.24, 2.45) is 0 Å². The number of nitrogens with zero attached hydrogens (tertiary/aromatic N) is 1. The van der Waals surface area contributed by atoms with Crippen LogP contribution < -0.4 is 5.32 Å². The fourth-order valence-corrected chi connectivity index (χ4v) is 1.99. The fourth-order valence-electron chi connectivity index (χ4n) is 1.99. The second kappa shape index (κ2) is 6.08. The molecule has 0 aliphatic heterocycles. The number of nitro groups is 1. The molecular formula is C14H14N2O5. The highest BCUT2D eigenvalue weighted by Gasteiger charge is 2.18. The Morgan fingerprint density at radius 2 is 2.24 bits per heavy atom. The molecule has 2 N–H and O–H groups in total. The standard InChI is InChI=1S/C14H14N2O5/c1-9(7-11-3-2-6-21-11)15-12-8-10(14(17)18)4-5-13(12)16(19)20/h2-6,8-9,15H,7H2,1H3,(H,17,18). The van der Waals surface area contributed by atoms with Crippen LogP contribution in [0.5, 0.6) is 0 Å². The third-order valence-electron chi connectivity index (χ3n) is 2.93. The first kappa shape index (κ1) is 14.6. The first-order valence-corrected chi connectivity index (χ1v) is 6.28. The summed E-state index contributed by atoms with van der Waals surface area (Å²) in [4.78, 5) is 21.4. The summed E-state index contributed by atoms with van der Waals surface area (Å²) < 4.78 is 5.21. The molecule has 2 aromatic rings. The molecule has 0 radical (unpaired) electrons. The van der Waals surface area contributed by atoms with Crippen LogP contribution in [-0.4, -0.2) is 22.0 Å². The zero-order valence-electron chi connectivity index (χ0n) is 11.3. The van der Waals surface area contributed by atoms with Gasteiger partial charge in [-0.2, -0.15) is 0 Å². The number of nitrogens with one attached hydrogen (secondary N) is 1. The molecule has 7 heteroatoms. The highest BCUT2D eigenvalue weighted by molar-refractivity contribution is 5.90. The molecule has 0 amide bonds. The second-order valence-electron chi connectivity index (χ2n) is 4.62. The minimum atomic E-state index is -1.13. The van der Waals surface area contributed by atoms with E-state index in [1.807, 2.05) is 6.92 Å². The van der Waals surface area contributed by atoms with E-state index < -0.39 is 10.9 Å². The number of carboxylic acid groups (broad SMARTS) is 1. The molecule has 0 bridgehead atoms. The number of rotatable bonds is 6. The van der Waals surface area contributed by atoms with E-state index in [0.29, 0.717) is 6.42 Å². The van der Waals surface area contributed by atoms with Gasteiger partial charge < -0.3 is 14.8 Å². The minimum Gasteiger partial charge on any atom is -0.478 e. The van der Waals surface area contributed by atoms with Crippen LogP contribution >= 0.6 is 0 Å². The van der Waals surface area contributed by atoms with Crippen LogP contribution in [0.15, 0.2) is 41.0 Å². The van der Waals surface area contributed by atoms with E-state index in [4.69, 9.17) is 9.52 Å². The smallest absolute Gasteiger partial charge is 0.335 e. The maximum absolute atomic E-state index is 11.0. The van der Waals surface area contributed by atoms with Crippen LogP contribution in [0.1, 0.15) is 23.0 Å². The number of carboxylic acids is 1. The average molecular weight is 290 g/mol. The highest BCUT2D eigenvalue weighted by Crippen LogP contribution is 2.26. The number of hydrogen-bond donors (Lipinski definition) is 2. The topological polar surface area (TPSA) is 106 Å². The summed E-state index contributed by atoms with van der Waals surface area (Å²) in [5.74, 6) is -0.390. The lowest BCUT2D eigenvalue weighted by Gasteiger charge is -2.14. The normalized spacial score (nSPS) is 11.9. The molecule has 1 heterocycles. The molecule has 2 rings (SSSR count). The predicted molar refractivity (Wildman–Crippen MR) is 75.6 cm³/mol. The summed E-state index contributed by atoms with van der Waals surface area (Å²) in [5, 5.41) is 22.9. The molecule has 110 valence electrons. The molecule has 0 spiro atoms. The van der Waals surface area contributed by atoms with Crippen molar-refractivity contribution < 1.29 is 19.2 Å². The van der Waals surface area contributed by atoms with Gasteiger partial charge in [0.1, 0.15) is 11.4 Å². The van der Waals surface area contributed by atoms with Crippen LogP contribution in [0.2, 0.25) is 0 Å². The number of furan rings is 1. The first-order chi connectivity index (χ1) is 9.97. The number of carbonyl (C=O) groups is 1. The maximum atomic E-state index is 11.0. The van der Waals surface area contributed by atoms with Gasteiger partial charge in [0.25, 0.3) is 5.69 Å². The zero-order chi connectivity index (χ0) is 15.4. The fraction of sp³-hybridized carbons (Fsp3) is 0.214. The lowest BCUT2D eigenvalue weighted by atomic mass is 10.1. The number of benzene rings is 1. The van der Waals surface area contributed by atoms with Gasteiger partial charge in [-0.1, -0.05) is 0 Å². The Hall–Kier alpha value is -2.83. The highest BCUT2D eigenvalue weighted by atomic mass is 16.6. The molecule has 1 aromatic carbocycles. The van der Waals surface area contributed by atoms with Gasteiger partial charge in [-0.15, -0.1) is 0 Å². The molecule has 1 unspecified atom stereocenters. The number of nitro benzene ring substituents is 1. The van der Waals surface area contributed by atoms with Gasteiger partial charge in [0.05, 0.1) is 16.7 Å². The third kappa shape index (κ3) is 3.59. The van der Waals surface area contributed by atoms with E-state index in [9.17, 15) is 14.9 Å². The van der Waals surface area contributed by atoms with Crippen molar-refractivity contribution in [1.82, 2.24) is 0 Å². The number of anilines is 1. The zero-order valence-corrected chi connectivity index (χ0v) is 11.3. The van der Waals surface area contributed by atoms with Crippen molar-refractivity contribution in [2.75, 3.05) is 5.32 Å². The lowest BCUT2D eigenvalue weighted by molar-refractivity contribution is -0.384. The van der Waals surface area contributed by atoms with E-state index >= 15 is 0 Å². The Bertz CT molecular complexity index is 651. The van der Waals surface area contributed by atoms with Gasteiger partial charge in [-0.3, -0.25) is 10.1 Å². The van der Waals surface area contributed by atoms with Crippen LogP contribution in [0, 0.1) is 10.1 Å². The Balaban J connectivity index is 2.21. The maximum Gasteiger partial charge on any atom is 0.335 e. The summed E-state index contributed by atoms with van der Waals surface area (Å²) in [6.45, 7) is 1.83. The van der Waals surface area contributed by atoms with Gasteiger partial charge in [-0.05, 0) is 31.2 Å². The second-order valence-corrected chi connectivity index (χ2v) is 4.62. The third-order valence-corrected chi connectivity index (χ3v) is 2.93. The molecule has 0 saturated carbocycles. The number of hydrogen-bond acceptors (Lipinski definition) is 5. The summed E-state index contributed by atoms with van der Waals surface area (Å²) in [5.41, 5.74) is 0.0125. The number of aromatic carboxylic acids is 1. The Morgan fingerprint density at radius 3 is 2.81 bits per heavy atom. The van der Waals surface area contributed by atoms with Crippen molar-refractivity contribution in [3.8, 4) is 0 Å². The van der Waals surface area contributed by atoms with Crippen LogP contribution in [0.3, 0.4) is 0 Å². The molecule has 7 nitrogen and oxygen atoms in total. The molecular weight excluding hydrogens is 276 g/mol. The summed E-state index contributed by atoms with van der Waals surface area (Å²) in [6.07, 6.45) is 2.08. The molecule has 21 heavy (non-hydrogen) atoms. The van der Waals surface area contributed by atoms with E-state index in [-0.39, 0.29) is 23.0 Å². The molecule has 1 atom stereocenters. The molecule has 0 aliphatic carbocycles. The monoisotopic (exact) mass is 290 g/mol. The summed E-state index contributed by atoms with van der Waals surface area (Å²) >= 11 is 0. The summed E-state index contributed by atoms with van der Waals surface area (Å²) in [7, 11) is 0. The van der Waals surface area contributed by atoms with Crippen molar-refractivity contribution in [3.05, 3.63) is 58.0 Å². The predicted octanol–water partition coefficient (Wildman–Crippen LogP) is 2.93. The van der Waals surface area contributed by atoms with E-state index in [0.717, 1.165) is 5.76 Å². The first-order valence-electron chi connectivity index (χ1n) is 6.28. The van der Waals surface area contributed by atoms with Gasteiger partial charge in [0.2, 0.25) is 0 Å². The van der Waals surface area contributed by atoms with Crippen LogP contribution in [0.4, 0.5) is 11.4 Å². The van der Waals surface area contributed by atoms with Crippen molar-refractivity contribution in [3.63, 3.8) is 0 Å². The van der Waals surface area contributed by atoms with E-state index in [2.05, 4.69) is 5.32 Å². The van der Waals surface area contributed by atoms with Crippen molar-refractivity contribution in [2.45, 2.75) is 19.4 Å². The molecule has 0 aliphatic rings. The average Bonchev–Trinajstić information content (AvgIpc) is 2.90. The quantitative estimate of drug-likeness (QED) is 0.626. The van der Waals surface area contributed by atoms with Gasteiger partial charge in [0, 0.05) is 18.5 Å². The van der Waals surface area contributed by atoms with E-state index in [1.54, 1.807) is 18.4 Å².